The minimum atomic E-state index is -0.605. The normalized spacial score (nSPS) is 13.2. The van der Waals surface area contributed by atoms with E-state index in [0.29, 0.717) is 17.2 Å². The van der Waals surface area contributed by atoms with Crippen molar-refractivity contribution in [1.29, 1.82) is 0 Å². The summed E-state index contributed by atoms with van der Waals surface area (Å²) < 4.78 is 15.1. The zero-order chi connectivity index (χ0) is 19.1. The molecule has 0 saturated carbocycles. The minimum Gasteiger partial charge on any atom is -0.459 e. The number of anilines is 1. The molecule has 1 aliphatic carbocycles. The van der Waals surface area contributed by atoms with Crippen LogP contribution in [0.2, 0.25) is 0 Å². The Hall–Kier alpha value is -1.93. The smallest absolute Gasteiger partial charge is 0.341 e. The second-order valence-electron chi connectivity index (χ2n) is 6.22. The van der Waals surface area contributed by atoms with Gasteiger partial charge in [-0.1, -0.05) is 0 Å². The number of aryl methyl sites for hydroxylation is 1. The first kappa shape index (κ1) is 20.4. The van der Waals surface area contributed by atoms with Crippen LogP contribution >= 0.6 is 11.3 Å². The summed E-state index contributed by atoms with van der Waals surface area (Å²) in [6, 6.07) is 0. The summed E-state index contributed by atoms with van der Waals surface area (Å²) in [5, 5.41) is 3.16. The van der Waals surface area contributed by atoms with Gasteiger partial charge in [-0.2, -0.15) is 0 Å². The number of ether oxygens (including phenoxy) is 3. The van der Waals surface area contributed by atoms with Gasteiger partial charge in [0.2, 0.25) is 0 Å². The molecule has 0 bridgehead atoms. The summed E-state index contributed by atoms with van der Waals surface area (Å²) >= 11 is 1.40. The summed E-state index contributed by atoms with van der Waals surface area (Å²) in [7, 11) is 0. The molecule has 0 unspecified atom stereocenters. The molecule has 1 aromatic heterocycles. The van der Waals surface area contributed by atoms with Crippen LogP contribution in [0.4, 0.5) is 5.00 Å². The van der Waals surface area contributed by atoms with E-state index >= 15 is 0 Å². The van der Waals surface area contributed by atoms with E-state index in [1.165, 1.54) is 11.3 Å². The van der Waals surface area contributed by atoms with Crippen molar-refractivity contribution in [2.75, 3.05) is 25.1 Å². The van der Waals surface area contributed by atoms with Gasteiger partial charge in [-0.25, -0.2) is 9.59 Å². The van der Waals surface area contributed by atoms with Crippen LogP contribution in [0.25, 0.3) is 0 Å². The summed E-state index contributed by atoms with van der Waals surface area (Å²) in [6.45, 7) is 5.11. The summed E-state index contributed by atoms with van der Waals surface area (Å²) in [5.74, 6) is -1.53. The molecule has 144 valence electrons. The third-order valence-electron chi connectivity index (χ3n) is 3.76. The topological polar surface area (TPSA) is 90.9 Å². The van der Waals surface area contributed by atoms with Crippen molar-refractivity contribution < 1.29 is 28.6 Å². The molecule has 1 amide bonds. The number of rotatable bonds is 8. The lowest BCUT2D eigenvalue weighted by Gasteiger charge is -2.14. The van der Waals surface area contributed by atoms with E-state index in [9.17, 15) is 14.4 Å². The van der Waals surface area contributed by atoms with Crippen molar-refractivity contribution in [3.8, 4) is 0 Å². The maximum atomic E-state index is 12.5. The highest BCUT2D eigenvalue weighted by Gasteiger charge is 2.28. The highest BCUT2D eigenvalue weighted by molar-refractivity contribution is 7.17. The van der Waals surface area contributed by atoms with Crippen LogP contribution in [-0.2, 0) is 36.6 Å². The first-order chi connectivity index (χ1) is 12.4. The molecule has 0 aromatic carbocycles. The van der Waals surface area contributed by atoms with Gasteiger partial charge in [-0.05, 0) is 52.0 Å². The van der Waals surface area contributed by atoms with E-state index < -0.39 is 24.5 Å². The molecular weight excluding hydrogens is 358 g/mol. The molecule has 0 atom stereocenters. The van der Waals surface area contributed by atoms with Gasteiger partial charge in [0, 0.05) is 11.5 Å². The number of thiophene rings is 1. The second kappa shape index (κ2) is 9.68. The minimum absolute atomic E-state index is 0.191. The van der Waals surface area contributed by atoms with Crippen LogP contribution in [-0.4, -0.2) is 43.8 Å². The molecular formula is C18H25NO6S. The number of esters is 2. The Morgan fingerprint density at radius 1 is 1.15 bits per heavy atom. The van der Waals surface area contributed by atoms with Gasteiger partial charge in [0.05, 0.1) is 11.7 Å². The van der Waals surface area contributed by atoms with Crippen LogP contribution < -0.4 is 5.32 Å². The van der Waals surface area contributed by atoms with Crippen LogP contribution in [0.15, 0.2) is 0 Å². The Balaban J connectivity index is 2.08. The molecule has 0 saturated heterocycles. The lowest BCUT2D eigenvalue weighted by atomic mass is 9.95. The molecule has 1 N–H and O–H groups in total. The van der Waals surface area contributed by atoms with Crippen LogP contribution in [0.1, 0.15) is 54.4 Å². The highest BCUT2D eigenvalue weighted by atomic mass is 32.1. The molecule has 1 aliphatic rings. The predicted molar refractivity (Wildman–Crippen MR) is 97.6 cm³/mol. The fourth-order valence-electron chi connectivity index (χ4n) is 2.68. The summed E-state index contributed by atoms with van der Waals surface area (Å²) in [4.78, 5) is 37.2. The van der Waals surface area contributed by atoms with Gasteiger partial charge >= 0.3 is 11.9 Å². The van der Waals surface area contributed by atoms with Crippen molar-refractivity contribution in [3.05, 3.63) is 16.0 Å². The molecule has 7 nitrogen and oxygen atoms in total. The van der Waals surface area contributed by atoms with Crippen LogP contribution in [0, 0.1) is 0 Å². The van der Waals surface area contributed by atoms with Gasteiger partial charge in [0.15, 0.2) is 6.61 Å². The zero-order valence-corrected chi connectivity index (χ0v) is 16.2. The van der Waals surface area contributed by atoms with E-state index in [2.05, 4.69) is 5.32 Å². The number of fused-ring (bicyclic) bond motifs is 1. The van der Waals surface area contributed by atoms with E-state index in [0.717, 1.165) is 36.1 Å². The zero-order valence-electron chi connectivity index (χ0n) is 15.4. The third kappa shape index (κ3) is 5.54. The number of amides is 1. The van der Waals surface area contributed by atoms with Gasteiger partial charge in [-0.3, -0.25) is 4.79 Å². The quantitative estimate of drug-likeness (QED) is 0.694. The molecule has 0 aliphatic heterocycles. The molecule has 2 rings (SSSR count). The standard InChI is InChI=1S/C18H25NO6S/c1-4-23-10-15(21)24-9-14(20)19-17-16(18(22)25-11(2)3)12-7-5-6-8-13(12)26-17/h11H,4-10H2,1-3H3,(H,19,20). The third-order valence-corrected chi connectivity index (χ3v) is 4.97. The highest BCUT2D eigenvalue weighted by Crippen LogP contribution is 2.38. The van der Waals surface area contributed by atoms with E-state index in [1.807, 2.05) is 0 Å². The summed E-state index contributed by atoms with van der Waals surface area (Å²) in [5.41, 5.74) is 1.41. The van der Waals surface area contributed by atoms with Crippen molar-refractivity contribution in [1.82, 2.24) is 0 Å². The van der Waals surface area contributed by atoms with E-state index in [4.69, 9.17) is 14.2 Å². The maximum absolute atomic E-state index is 12.5. The molecule has 0 fully saturated rings. The Morgan fingerprint density at radius 3 is 2.58 bits per heavy atom. The molecule has 1 aromatic rings. The van der Waals surface area contributed by atoms with Gasteiger partial charge in [-0.15, -0.1) is 11.3 Å². The monoisotopic (exact) mass is 383 g/mol. The van der Waals surface area contributed by atoms with Crippen LogP contribution in [0.5, 0.6) is 0 Å². The second-order valence-corrected chi connectivity index (χ2v) is 7.32. The average molecular weight is 383 g/mol. The first-order valence-corrected chi connectivity index (χ1v) is 9.62. The Bertz CT molecular complexity index is 667. The lowest BCUT2D eigenvalue weighted by Crippen LogP contribution is -2.24. The van der Waals surface area contributed by atoms with Gasteiger partial charge < -0.3 is 19.5 Å². The number of nitrogens with one attached hydrogen (secondary N) is 1. The average Bonchev–Trinajstić information content (AvgIpc) is 2.95. The van der Waals surface area contributed by atoms with Crippen LogP contribution in [0.3, 0.4) is 0 Å². The molecule has 0 radical (unpaired) electrons. The largest absolute Gasteiger partial charge is 0.459 e. The number of hydrogen-bond acceptors (Lipinski definition) is 7. The van der Waals surface area contributed by atoms with Crippen molar-refractivity contribution in [2.45, 2.75) is 52.6 Å². The van der Waals surface area contributed by atoms with Crippen molar-refractivity contribution in [3.63, 3.8) is 0 Å². The molecule has 8 heteroatoms. The Morgan fingerprint density at radius 2 is 1.88 bits per heavy atom. The number of hydrogen-bond donors (Lipinski definition) is 1. The van der Waals surface area contributed by atoms with Crippen molar-refractivity contribution in [2.24, 2.45) is 0 Å². The van der Waals surface area contributed by atoms with E-state index in [-0.39, 0.29) is 12.7 Å². The summed E-state index contributed by atoms with van der Waals surface area (Å²) in [6.07, 6.45) is 3.52. The Kier molecular flexibility index (Phi) is 7.59. The van der Waals surface area contributed by atoms with Gasteiger partial charge in [0.25, 0.3) is 5.91 Å². The van der Waals surface area contributed by atoms with Crippen molar-refractivity contribution >= 4 is 34.2 Å². The SMILES string of the molecule is CCOCC(=O)OCC(=O)Nc1sc2c(c1C(=O)OC(C)C)CCCC2. The molecule has 0 spiro atoms. The molecule has 1 heterocycles. The Labute approximate surface area is 157 Å². The number of carbonyl (C=O) groups is 3. The fourth-order valence-corrected chi connectivity index (χ4v) is 3.97. The lowest BCUT2D eigenvalue weighted by molar-refractivity contribution is -0.151. The number of carbonyl (C=O) groups excluding carboxylic acids is 3. The van der Waals surface area contributed by atoms with Gasteiger partial charge in [0.1, 0.15) is 11.6 Å². The predicted octanol–water partition coefficient (Wildman–Crippen LogP) is 2.71. The van der Waals surface area contributed by atoms with E-state index in [1.54, 1.807) is 20.8 Å². The molecule has 26 heavy (non-hydrogen) atoms. The fraction of sp³-hybridized carbons (Fsp3) is 0.611. The first-order valence-electron chi connectivity index (χ1n) is 8.81. The maximum Gasteiger partial charge on any atom is 0.341 e.